The van der Waals surface area contributed by atoms with Gasteiger partial charge in [0.2, 0.25) is 0 Å². The van der Waals surface area contributed by atoms with E-state index < -0.39 is 0 Å². The van der Waals surface area contributed by atoms with Crippen molar-refractivity contribution in [2.45, 2.75) is 17.7 Å². The van der Waals surface area contributed by atoms with Crippen LogP contribution < -0.4 is 0 Å². The molecular weight excluding hydrogens is 250 g/mol. The number of hydrogen-bond donors (Lipinski definition) is 0. The van der Waals surface area contributed by atoms with Gasteiger partial charge in [-0.05, 0) is 31.0 Å². The smallest absolute Gasteiger partial charge is 0.155 e. The Balaban J connectivity index is 1.99. The quantitative estimate of drug-likeness (QED) is 0.586. The molecule has 0 atom stereocenters. The Labute approximate surface area is 116 Å². The molecule has 0 amide bonds. The lowest BCUT2D eigenvalue weighted by atomic mass is 10.1. The maximum Gasteiger partial charge on any atom is 0.155 e. The summed E-state index contributed by atoms with van der Waals surface area (Å²) in [6, 6.07) is 15.9. The summed E-state index contributed by atoms with van der Waals surface area (Å²) in [4.78, 5) is 1.57. The van der Waals surface area contributed by atoms with Gasteiger partial charge in [0.05, 0.1) is 0 Å². The summed E-state index contributed by atoms with van der Waals surface area (Å²) in [5.41, 5.74) is 2.69. The lowest BCUT2D eigenvalue weighted by molar-refractivity contribution is 0.949. The molecule has 1 aliphatic heterocycles. The van der Waals surface area contributed by atoms with Gasteiger partial charge in [-0.25, -0.2) is 0 Å². The fourth-order valence-electron chi connectivity index (χ4n) is 3.22. The molecule has 0 aliphatic carbocycles. The van der Waals surface area contributed by atoms with Crippen LogP contribution in [0.15, 0.2) is 47.4 Å². The zero-order valence-electron chi connectivity index (χ0n) is 11.2. The molecule has 19 heavy (non-hydrogen) atoms. The van der Waals surface area contributed by atoms with Crippen LogP contribution in [0.2, 0.25) is 0 Å². The second kappa shape index (κ2) is 4.31. The number of hydrogen-bond acceptors (Lipinski definition) is 0. The van der Waals surface area contributed by atoms with Crippen LogP contribution in [-0.4, -0.2) is 16.1 Å². The molecule has 0 spiro atoms. The molecule has 1 saturated heterocycles. The summed E-state index contributed by atoms with van der Waals surface area (Å²) >= 11 is 0. The maximum absolute atomic E-state index is 2.45. The van der Waals surface area contributed by atoms with Crippen molar-refractivity contribution in [1.82, 2.24) is 4.57 Å². The first kappa shape index (κ1) is 11.4. The second-order valence-corrected chi connectivity index (χ2v) is 7.64. The molecule has 96 valence electrons. The minimum atomic E-state index is 0.510. The fraction of sp³-hybridized carbons (Fsp3) is 0.294. The summed E-state index contributed by atoms with van der Waals surface area (Å²) in [6.07, 6.45) is 2.83. The van der Waals surface area contributed by atoms with E-state index in [2.05, 4.69) is 54.1 Å². The van der Waals surface area contributed by atoms with E-state index in [0.717, 1.165) is 0 Å². The number of fused-ring (bicyclic) bond motifs is 3. The molecule has 0 unspecified atom stereocenters. The topological polar surface area (TPSA) is 4.93 Å². The summed E-state index contributed by atoms with van der Waals surface area (Å²) in [5.74, 6) is 2.80. The average molecular weight is 268 g/mol. The molecule has 1 aliphatic rings. The number of aromatic nitrogens is 1. The average Bonchev–Trinajstić information content (AvgIpc) is 3.08. The molecule has 0 bridgehead atoms. The summed E-state index contributed by atoms with van der Waals surface area (Å²) in [6.45, 7) is 0. The van der Waals surface area contributed by atoms with E-state index in [1.807, 2.05) is 0 Å². The van der Waals surface area contributed by atoms with Gasteiger partial charge in [-0.1, -0.05) is 18.2 Å². The van der Waals surface area contributed by atoms with Gasteiger partial charge >= 0.3 is 0 Å². The minimum Gasteiger partial charge on any atom is -0.344 e. The molecule has 4 rings (SSSR count). The predicted molar refractivity (Wildman–Crippen MR) is 85.0 cm³/mol. The van der Waals surface area contributed by atoms with Gasteiger partial charge in [0.25, 0.3) is 0 Å². The maximum atomic E-state index is 2.45. The lowest BCUT2D eigenvalue weighted by Gasteiger charge is -2.01. The second-order valence-electron chi connectivity index (χ2n) is 5.36. The Kier molecular flexibility index (Phi) is 2.59. The van der Waals surface area contributed by atoms with E-state index in [0.29, 0.717) is 10.9 Å². The molecule has 1 aromatic heterocycles. The molecule has 2 heteroatoms. The Morgan fingerprint density at radius 3 is 2.47 bits per heavy atom. The van der Waals surface area contributed by atoms with Gasteiger partial charge < -0.3 is 4.57 Å². The lowest BCUT2D eigenvalue weighted by Crippen LogP contribution is -2.03. The van der Waals surface area contributed by atoms with Crippen LogP contribution in [-0.2, 0) is 17.9 Å². The van der Waals surface area contributed by atoms with Crippen LogP contribution in [0, 0.1) is 0 Å². The van der Waals surface area contributed by atoms with Crippen molar-refractivity contribution < 1.29 is 0 Å². The van der Waals surface area contributed by atoms with Crippen LogP contribution in [0.4, 0.5) is 0 Å². The number of para-hydroxylation sites is 1. The van der Waals surface area contributed by atoms with Gasteiger partial charge in [-0.15, -0.1) is 0 Å². The van der Waals surface area contributed by atoms with Crippen LogP contribution in [0.5, 0.6) is 0 Å². The standard InChI is InChI=1S/C17H18NS/c1-18-16-7-3-2-6-14(16)15-12-13(8-9-17(15)18)19-10-4-5-11-19/h2-3,6-9,12H,4-5,10-11H2,1H3/q+1. The van der Waals surface area contributed by atoms with Crippen molar-refractivity contribution in [3.05, 3.63) is 42.5 Å². The van der Waals surface area contributed by atoms with Gasteiger partial charge in [0.1, 0.15) is 11.5 Å². The Bertz CT molecular complexity index is 750. The minimum absolute atomic E-state index is 0.510. The molecular formula is C17H18NS+. The Morgan fingerprint density at radius 2 is 1.63 bits per heavy atom. The van der Waals surface area contributed by atoms with Crippen LogP contribution >= 0.6 is 0 Å². The third kappa shape index (κ3) is 1.70. The van der Waals surface area contributed by atoms with Crippen LogP contribution in [0.1, 0.15) is 12.8 Å². The number of nitrogens with zero attached hydrogens (tertiary/aromatic N) is 1. The zero-order valence-corrected chi connectivity index (χ0v) is 12.0. The largest absolute Gasteiger partial charge is 0.344 e. The molecule has 2 heterocycles. The molecule has 1 nitrogen and oxygen atoms in total. The van der Waals surface area contributed by atoms with Gasteiger partial charge in [-0.3, -0.25) is 0 Å². The van der Waals surface area contributed by atoms with Crippen molar-refractivity contribution in [3.8, 4) is 0 Å². The summed E-state index contributed by atoms with van der Waals surface area (Å²) in [7, 11) is 2.68. The molecule has 2 aromatic carbocycles. The molecule has 0 N–H and O–H groups in total. The summed E-state index contributed by atoms with van der Waals surface area (Å²) in [5, 5.41) is 2.82. The van der Waals surface area contributed by atoms with E-state index in [1.54, 1.807) is 4.90 Å². The zero-order chi connectivity index (χ0) is 12.8. The first-order valence-corrected chi connectivity index (χ1v) is 8.55. The molecule has 0 saturated carbocycles. The Hall–Kier alpha value is -1.41. The van der Waals surface area contributed by atoms with E-state index in [4.69, 9.17) is 0 Å². The van der Waals surface area contributed by atoms with E-state index in [1.165, 1.54) is 46.2 Å². The highest BCUT2D eigenvalue weighted by atomic mass is 32.2. The van der Waals surface area contributed by atoms with E-state index in [9.17, 15) is 0 Å². The summed E-state index contributed by atoms with van der Waals surface area (Å²) < 4.78 is 2.31. The number of benzene rings is 2. The first-order valence-electron chi connectivity index (χ1n) is 6.99. The molecule has 0 radical (unpaired) electrons. The first-order chi connectivity index (χ1) is 9.34. The van der Waals surface area contributed by atoms with E-state index >= 15 is 0 Å². The highest BCUT2D eigenvalue weighted by Gasteiger charge is 2.27. The molecule has 1 fully saturated rings. The van der Waals surface area contributed by atoms with Crippen molar-refractivity contribution >= 4 is 32.7 Å². The third-order valence-electron chi connectivity index (χ3n) is 4.25. The van der Waals surface area contributed by atoms with Crippen molar-refractivity contribution in [1.29, 1.82) is 0 Å². The SMILES string of the molecule is Cn1c2ccccc2c2cc([S+]3CCCC3)ccc21. The van der Waals surface area contributed by atoms with Crippen LogP contribution in [0.25, 0.3) is 21.8 Å². The monoisotopic (exact) mass is 268 g/mol. The van der Waals surface area contributed by atoms with Gasteiger partial charge in [-0.2, -0.15) is 0 Å². The predicted octanol–water partition coefficient (Wildman–Crippen LogP) is 4.10. The normalized spacial score (nSPS) is 16.7. The number of aryl methyl sites for hydroxylation is 1. The van der Waals surface area contributed by atoms with E-state index in [-0.39, 0.29) is 0 Å². The Morgan fingerprint density at radius 1 is 0.895 bits per heavy atom. The highest BCUT2D eigenvalue weighted by Crippen LogP contribution is 2.32. The highest BCUT2D eigenvalue weighted by molar-refractivity contribution is 7.97. The third-order valence-corrected chi connectivity index (χ3v) is 6.73. The van der Waals surface area contributed by atoms with Crippen molar-refractivity contribution in [3.63, 3.8) is 0 Å². The van der Waals surface area contributed by atoms with Crippen LogP contribution in [0.3, 0.4) is 0 Å². The van der Waals surface area contributed by atoms with Gasteiger partial charge in [0.15, 0.2) is 4.90 Å². The fourth-order valence-corrected chi connectivity index (χ4v) is 5.54. The van der Waals surface area contributed by atoms with Gasteiger partial charge in [0, 0.05) is 45.8 Å². The van der Waals surface area contributed by atoms with Crippen molar-refractivity contribution in [2.75, 3.05) is 11.5 Å². The van der Waals surface area contributed by atoms with Crippen molar-refractivity contribution in [2.24, 2.45) is 7.05 Å². The molecule has 3 aromatic rings. The number of rotatable bonds is 1.